The Morgan fingerprint density at radius 3 is 2.60 bits per heavy atom. The van der Waals surface area contributed by atoms with E-state index in [1.54, 1.807) is 0 Å². The van der Waals surface area contributed by atoms with Crippen LogP contribution in [0.2, 0.25) is 0 Å². The zero-order valence-electron chi connectivity index (χ0n) is 12.9. The fourth-order valence-corrected chi connectivity index (χ4v) is 2.64. The van der Waals surface area contributed by atoms with Crippen molar-refractivity contribution < 1.29 is 4.79 Å². The lowest BCUT2D eigenvalue weighted by Gasteiger charge is -2.35. The molecule has 1 fully saturated rings. The number of hydrogen-bond acceptors (Lipinski definition) is 2. The summed E-state index contributed by atoms with van der Waals surface area (Å²) in [4.78, 5) is 16.5. The summed E-state index contributed by atoms with van der Waals surface area (Å²) >= 11 is 0. The van der Waals surface area contributed by atoms with Crippen molar-refractivity contribution in [1.82, 2.24) is 9.80 Å². The van der Waals surface area contributed by atoms with Gasteiger partial charge in [-0.1, -0.05) is 12.1 Å². The number of urea groups is 1. The van der Waals surface area contributed by atoms with E-state index in [1.807, 2.05) is 31.0 Å². The predicted octanol–water partition coefficient (Wildman–Crippen LogP) is 2.86. The van der Waals surface area contributed by atoms with Gasteiger partial charge in [0.1, 0.15) is 0 Å². The summed E-state index contributed by atoms with van der Waals surface area (Å²) in [6.07, 6.45) is 2.10. The van der Waals surface area contributed by atoms with E-state index in [-0.39, 0.29) is 6.03 Å². The van der Waals surface area contributed by atoms with Gasteiger partial charge in [0.25, 0.3) is 0 Å². The van der Waals surface area contributed by atoms with E-state index in [9.17, 15) is 4.79 Å². The maximum atomic E-state index is 12.4. The second kappa shape index (κ2) is 6.27. The first kappa shape index (κ1) is 14.9. The van der Waals surface area contributed by atoms with Gasteiger partial charge >= 0.3 is 6.03 Å². The molecule has 4 heteroatoms. The molecule has 0 spiro atoms. The maximum absolute atomic E-state index is 12.4. The second-order valence-electron chi connectivity index (χ2n) is 5.82. The molecule has 1 heterocycles. The Morgan fingerprint density at radius 2 is 1.95 bits per heavy atom. The summed E-state index contributed by atoms with van der Waals surface area (Å²) in [6.45, 7) is 6.23. The van der Waals surface area contributed by atoms with Gasteiger partial charge in [0.2, 0.25) is 0 Å². The number of anilines is 1. The minimum Gasteiger partial charge on any atom is -0.325 e. The van der Waals surface area contributed by atoms with Gasteiger partial charge in [0.05, 0.1) is 0 Å². The number of carbonyl (C=O) groups is 1. The van der Waals surface area contributed by atoms with Crippen molar-refractivity contribution in [3.8, 4) is 0 Å². The molecule has 0 aliphatic carbocycles. The summed E-state index contributed by atoms with van der Waals surface area (Å²) in [6, 6.07) is 6.34. The average molecular weight is 275 g/mol. The highest BCUT2D eigenvalue weighted by Crippen LogP contribution is 2.20. The molecule has 0 unspecified atom stereocenters. The number of nitrogens with one attached hydrogen (secondary N) is 1. The Balaban J connectivity index is 1.99. The van der Waals surface area contributed by atoms with E-state index < -0.39 is 0 Å². The van der Waals surface area contributed by atoms with Crippen LogP contribution in [0.4, 0.5) is 10.5 Å². The van der Waals surface area contributed by atoms with Crippen molar-refractivity contribution in [3.05, 3.63) is 29.3 Å². The molecule has 1 aliphatic heterocycles. The van der Waals surface area contributed by atoms with Crippen molar-refractivity contribution in [2.75, 3.05) is 32.5 Å². The summed E-state index contributed by atoms with van der Waals surface area (Å²) in [5.41, 5.74) is 3.25. The highest BCUT2D eigenvalue weighted by Gasteiger charge is 2.24. The molecule has 20 heavy (non-hydrogen) atoms. The lowest BCUT2D eigenvalue weighted by molar-refractivity contribution is 0.156. The Kier molecular flexibility index (Phi) is 4.65. The molecule has 1 aliphatic rings. The molecule has 2 amide bonds. The van der Waals surface area contributed by atoms with Crippen LogP contribution in [0, 0.1) is 13.8 Å². The van der Waals surface area contributed by atoms with Gasteiger partial charge in [-0.25, -0.2) is 4.79 Å². The lowest BCUT2D eigenvalue weighted by atomic mass is 10.0. The first-order valence-electron chi connectivity index (χ1n) is 7.27. The van der Waals surface area contributed by atoms with Gasteiger partial charge in [0.15, 0.2) is 0 Å². The summed E-state index contributed by atoms with van der Waals surface area (Å²) in [7, 11) is 4.03. The summed E-state index contributed by atoms with van der Waals surface area (Å²) in [5, 5.41) is 3.03. The highest BCUT2D eigenvalue weighted by molar-refractivity contribution is 5.90. The van der Waals surface area contributed by atoms with Crippen molar-refractivity contribution in [2.24, 2.45) is 0 Å². The van der Waals surface area contributed by atoms with Gasteiger partial charge < -0.3 is 15.1 Å². The summed E-state index contributed by atoms with van der Waals surface area (Å²) in [5.74, 6) is 0. The zero-order valence-corrected chi connectivity index (χ0v) is 12.9. The quantitative estimate of drug-likeness (QED) is 0.901. The number of hydrogen-bond donors (Lipinski definition) is 1. The number of benzene rings is 1. The molecule has 1 aromatic carbocycles. The molecular weight excluding hydrogens is 250 g/mol. The predicted molar refractivity (Wildman–Crippen MR) is 83.2 cm³/mol. The number of aryl methyl sites for hydroxylation is 1. The Bertz CT molecular complexity index is 479. The van der Waals surface area contributed by atoms with Crippen LogP contribution in [0.5, 0.6) is 0 Å². The summed E-state index contributed by atoms with van der Waals surface area (Å²) < 4.78 is 0. The normalized spacial score (nSPS) is 17.0. The monoisotopic (exact) mass is 275 g/mol. The average Bonchev–Trinajstić information content (AvgIpc) is 2.44. The van der Waals surface area contributed by atoms with Gasteiger partial charge in [-0.15, -0.1) is 0 Å². The number of carbonyl (C=O) groups excluding carboxylic acids is 1. The number of rotatable bonds is 2. The Morgan fingerprint density at radius 1 is 1.30 bits per heavy atom. The molecular formula is C16H25N3O. The number of nitrogens with zero attached hydrogens (tertiary/aromatic N) is 2. The van der Waals surface area contributed by atoms with Gasteiger partial charge in [-0.3, -0.25) is 0 Å². The van der Waals surface area contributed by atoms with Crippen LogP contribution >= 0.6 is 0 Å². The van der Waals surface area contributed by atoms with Crippen LogP contribution in [0.3, 0.4) is 0 Å². The smallest absolute Gasteiger partial charge is 0.321 e. The van der Waals surface area contributed by atoms with Crippen molar-refractivity contribution in [2.45, 2.75) is 32.7 Å². The third-order valence-corrected chi connectivity index (χ3v) is 4.40. The fraction of sp³-hybridized carbons (Fsp3) is 0.562. The Hall–Kier alpha value is -1.55. The van der Waals surface area contributed by atoms with E-state index in [1.165, 1.54) is 5.56 Å². The lowest BCUT2D eigenvalue weighted by Crippen LogP contribution is -2.46. The molecule has 0 radical (unpaired) electrons. The van der Waals surface area contributed by atoms with Crippen LogP contribution in [0.25, 0.3) is 0 Å². The minimum atomic E-state index is -0.00625. The molecule has 110 valence electrons. The van der Waals surface area contributed by atoms with Gasteiger partial charge in [0, 0.05) is 18.8 Å². The second-order valence-corrected chi connectivity index (χ2v) is 5.82. The topological polar surface area (TPSA) is 35.6 Å². The third-order valence-electron chi connectivity index (χ3n) is 4.40. The molecule has 0 saturated carbocycles. The number of amides is 2. The van der Waals surface area contributed by atoms with Crippen LogP contribution in [-0.4, -0.2) is 49.1 Å². The van der Waals surface area contributed by atoms with Crippen molar-refractivity contribution in [1.29, 1.82) is 0 Å². The molecule has 2 rings (SSSR count). The molecule has 0 aromatic heterocycles. The first-order chi connectivity index (χ1) is 9.49. The van der Waals surface area contributed by atoms with E-state index in [4.69, 9.17) is 0 Å². The van der Waals surface area contributed by atoms with E-state index >= 15 is 0 Å². The maximum Gasteiger partial charge on any atom is 0.321 e. The molecule has 0 bridgehead atoms. The number of piperidine rings is 1. The van der Waals surface area contributed by atoms with Gasteiger partial charge in [-0.05, 0) is 64.0 Å². The van der Waals surface area contributed by atoms with E-state index in [0.29, 0.717) is 6.04 Å². The van der Waals surface area contributed by atoms with Crippen molar-refractivity contribution >= 4 is 11.7 Å². The van der Waals surface area contributed by atoms with Crippen LogP contribution in [0.1, 0.15) is 24.0 Å². The minimum absolute atomic E-state index is 0.00625. The Labute approximate surface area is 121 Å². The van der Waals surface area contributed by atoms with E-state index in [2.05, 4.69) is 30.3 Å². The number of likely N-dealkylation sites (tertiary alicyclic amines) is 1. The van der Waals surface area contributed by atoms with Crippen LogP contribution < -0.4 is 5.32 Å². The van der Waals surface area contributed by atoms with Crippen molar-refractivity contribution in [3.63, 3.8) is 0 Å². The molecule has 1 saturated heterocycles. The largest absolute Gasteiger partial charge is 0.325 e. The first-order valence-corrected chi connectivity index (χ1v) is 7.27. The molecule has 1 aromatic rings. The fourth-order valence-electron chi connectivity index (χ4n) is 2.64. The SMILES string of the molecule is Cc1cccc(NC(=O)N(C)C2CCN(C)CC2)c1C. The zero-order chi connectivity index (χ0) is 14.7. The van der Waals surface area contributed by atoms with Gasteiger partial charge in [-0.2, -0.15) is 0 Å². The molecule has 0 atom stereocenters. The van der Waals surface area contributed by atoms with Crippen LogP contribution in [0.15, 0.2) is 18.2 Å². The standard InChI is InChI=1S/C16H25N3O/c1-12-6-5-7-15(13(12)2)17-16(20)19(4)14-8-10-18(3)11-9-14/h5-7,14H,8-11H2,1-4H3,(H,17,20). The van der Waals surface area contributed by atoms with E-state index in [0.717, 1.165) is 37.2 Å². The third kappa shape index (κ3) is 3.31. The molecule has 1 N–H and O–H groups in total. The molecule has 4 nitrogen and oxygen atoms in total. The highest BCUT2D eigenvalue weighted by atomic mass is 16.2. The van der Waals surface area contributed by atoms with Crippen LogP contribution in [-0.2, 0) is 0 Å².